The third-order valence-corrected chi connectivity index (χ3v) is 3.32. The quantitative estimate of drug-likeness (QED) is 0.644. The molecule has 1 unspecified atom stereocenters. The Morgan fingerprint density at radius 2 is 2.31 bits per heavy atom. The lowest BCUT2D eigenvalue weighted by Gasteiger charge is -2.25. The molecular formula is C11H18N2. The highest BCUT2D eigenvalue weighted by Gasteiger charge is 2.23. The smallest absolute Gasteiger partial charge is 0.0524 e. The van der Waals surface area contributed by atoms with Gasteiger partial charge >= 0.3 is 0 Å². The Balaban J connectivity index is 2.21. The molecule has 2 nitrogen and oxygen atoms in total. The number of aromatic nitrogens is 2. The second-order valence-corrected chi connectivity index (χ2v) is 4.49. The summed E-state index contributed by atoms with van der Waals surface area (Å²) in [7, 11) is 2.05. The minimum atomic E-state index is 0.813. The van der Waals surface area contributed by atoms with E-state index in [-0.39, 0.29) is 0 Å². The van der Waals surface area contributed by atoms with Crippen molar-refractivity contribution in [3.05, 3.63) is 17.5 Å². The van der Waals surface area contributed by atoms with Gasteiger partial charge in [-0.1, -0.05) is 13.8 Å². The Morgan fingerprint density at radius 1 is 1.54 bits per heavy atom. The summed E-state index contributed by atoms with van der Waals surface area (Å²) < 4.78 is 2.03. The van der Waals surface area contributed by atoms with Crippen LogP contribution >= 0.6 is 0 Å². The first-order chi connectivity index (χ1) is 6.18. The van der Waals surface area contributed by atoms with Crippen molar-refractivity contribution in [2.75, 3.05) is 0 Å². The van der Waals surface area contributed by atoms with Crippen LogP contribution in [0.3, 0.4) is 0 Å². The molecule has 1 aliphatic rings. The van der Waals surface area contributed by atoms with Gasteiger partial charge in [0.2, 0.25) is 0 Å². The van der Waals surface area contributed by atoms with Crippen molar-refractivity contribution in [2.45, 2.75) is 33.1 Å². The molecule has 2 heteroatoms. The summed E-state index contributed by atoms with van der Waals surface area (Å²) in [5, 5.41) is 4.31. The Bertz CT molecular complexity index is 299. The maximum Gasteiger partial charge on any atom is 0.0524 e. The zero-order chi connectivity index (χ0) is 9.42. The van der Waals surface area contributed by atoms with Crippen LogP contribution in [0.2, 0.25) is 0 Å². The summed E-state index contributed by atoms with van der Waals surface area (Å²) in [6.07, 6.45) is 5.84. The van der Waals surface area contributed by atoms with E-state index in [4.69, 9.17) is 0 Å². The van der Waals surface area contributed by atoms with Crippen LogP contribution in [0.15, 0.2) is 6.20 Å². The largest absolute Gasteiger partial charge is 0.272 e. The van der Waals surface area contributed by atoms with Crippen molar-refractivity contribution in [3.8, 4) is 0 Å². The fraction of sp³-hybridized carbons (Fsp3) is 0.727. The molecule has 0 fully saturated rings. The van der Waals surface area contributed by atoms with Gasteiger partial charge in [-0.2, -0.15) is 5.10 Å². The van der Waals surface area contributed by atoms with Crippen molar-refractivity contribution in [1.29, 1.82) is 0 Å². The van der Waals surface area contributed by atoms with E-state index in [0.29, 0.717) is 0 Å². The van der Waals surface area contributed by atoms with Gasteiger partial charge < -0.3 is 0 Å². The van der Waals surface area contributed by atoms with E-state index < -0.39 is 0 Å². The molecule has 72 valence electrons. The van der Waals surface area contributed by atoms with Gasteiger partial charge in [0.25, 0.3) is 0 Å². The molecule has 1 aliphatic carbocycles. The lowest BCUT2D eigenvalue weighted by Crippen LogP contribution is -2.19. The Kier molecular flexibility index (Phi) is 2.14. The molecule has 0 aliphatic heterocycles. The molecule has 0 saturated heterocycles. The van der Waals surface area contributed by atoms with Crippen molar-refractivity contribution in [3.63, 3.8) is 0 Å². The van der Waals surface area contributed by atoms with E-state index in [9.17, 15) is 0 Å². The molecule has 1 heterocycles. The van der Waals surface area contributed by atoms with Gasteiger partial charge in [-0.15, -0.1) is 0 Å². The highest BCUT2D eigenvalue weighted by molar-refractivity contribution is 5.21. The number of nitrogens with zero attached hydrogens (tertiary/aromatic N) is 2. The summed E-state index contributed by atoms with van der Waals surface area (Å²) in [4.78, 5) is 0. The summed E-state index contributed by atoms with van der Waals surface area (Å²) in [5.41, 5.74) is 2.93. The maximum absolute atomic E-state index is 4.31. The monoisotopic (exact) mass is 178 g/mol. The van der Waals surface area contributed by atoms with Crippen molar-refractivity contribution >= 4 is 0 Å². The van der Waals surface area contributed by atoms with Crippen LogP contribution in [0.4, 0.5) is 0 Å². The fourth-order valence-corrected chi connectivity index (χ4v) is 2.28. The van der Waals surface area contributed by atoms with Crippen LogP contribution in [0.25, 0.3) is 0 Å². The molecule has 0 bridgehead atoms. The lowest BCUT2D eigenvalue weighted by atomic mass is 9.81. The zero-order valence-corrected chi connectivity index (χ0v) is 8.75. The number of fused-ring (bicyclic) bond motifs is 1. The maximum atomic E-state index is 4.31. The highest BCUT2D eigenvalue weighted by atomic mass is 15.3. The molecular weight excluding hydrogens is 160 g/mol. The van der Waals surface area contributed by atoms with Gasteiger partial charge in [0.05, 0.1) is 6.20 Å². The van der Waals surface area contributed by atoms with E-state index in [1.54, 1.807) is 0 Å². The van der Waals surface area contributed by atoms with E-state index in [1.165, 1.54) is 30.5 Å². The summed E-state index contributed by atoms with van der Waals surface area (Å²) in [6.45, 7) is 4.65. The van der Waals surface area contributed by atoms with Gasteiger partial charge in [-0.3, -0.25) is 4.68 Å². The molecule has 0 amide bonds. The Morgan fingerprint density at radius 3 is 3.00 bits per heavy atom. The van der Waals surface area contributed by atoms with Crippen molar-refractivity contribution < 1.29 is 0 Å². The number of aryl methyl sites for hydroxylation is 1. The second-order valence-electron chi connectivity index (χ2n) is 4.49. The predicted molar refractivity (Wildman–Crippen MR) is 53.6 cm³/mol. The van der Waals surface area contributed by atoms with Crippen LogP contribution in [0.1, 0.15) is 31.5 Å². The first-order valence-corrected chi connectivity index (χ1v) is 5.18. The van der Waals surface area contributed by atoms with Crippen molar-refractivity contribution in [1.82, 2.24) is 9.78 Å². The van der Waals surface area contributed by atoms with Gasteiger partial charge in [0.1, 0.15) is 0 Å². The number of hydrogen-bond donors (Lipinski definition) is 0. The van der Waals surface area contributed by atoms with Gasteiger partial charge in [0.15, 0.2) is 0 Å². The van der Waals surface area contributed by atoms with Crippen LogP contribution in [0, 0.1) is 11.8 Å². The topological polar surface area (TPSA) is 17.8 Å². The minimum absolute atomic E-state index is 0.813. The third-order valence-electron chi connectivity index (χ3n) is 3.32. The molecule has 1 atom stereocenters. The lowest BCUT2D eigenvalue weighted by molar-refractivity contribution is 0.339. The Hall–Kier alpha value is -0.790. The molecule has 1 aromatic heterocycles. The third kappa shape index (κ3) is 1.50. The van der Waals surface area contributed by atoms with E-state index in [0.717, 1.165) is 11.8 Å². The average Bonchev–Trinajstić information content (AvgIpc) is 2.47. The molecule has 0 aromatic carbocycles. The molecule has 0 radical (unpaired) electrons. The Labute approximate surface area is 80.0 Å². The molecule has 2 rings (SSSR count). The average molecular weight is 178 g/mol. The molecule has 0 spiro atoms. The van der Waals surface area contributed by atoms with Crippen LogP contribution < -0.4 is 0 Å². The first-order valence-electron chi connectivity index (χ1n) is 5.18. The fourth-order valence-electron chi connectivity index (χ4n) is 2.28. The summed E-state index contributed by atoms with van der Waals surface area (Å²) in [6, 6.07) is 0. The van der Waals surface area contributed by atoms with Crippen LogP contribution in [-0.4, -0.2) is 9.78 Å². The highest BCUT2D eigenvalue weighted by Crippen LogP contribution is 2.29. The second kappa shape index (κ2) is 3.17. The molecule has 0 N–H and O–H groups in total. The number of rotatable bonds is 1. The van der Waals surface area contributed by atoms with Gasteiger partial charge in [-0.25, -0.2) is 0 Å². The van der Waals surface area contributed by atoms with E-state index in [2.05, 4.69) is 26.0 Å². The van der Waals surface area contributed by atoms with Gasteiger partial charge in [0, 0.05) is 12.7 Å². The first kappa shape index (κ1) is 8.79. The summed E-state index contributed by atoms with van der Waals surface area (Å²) >= 11 is 0. The van der Waals surface area contributed by atoms with E-state index in [1.807, 2.05) is 10.9 Å². The van der Waals surface area contributed by atoms with Crippen molar-refractivity contribution in [2.24, 2.45) is 18.9 Å². The normalized spacial score (nSPS) is 22.0. The molecule has 1 aromatic rings. The standard InChI is InChI=1S/C11H18N2/c1-8(2)9-4-5-11-10(6-9)7-12-13(11)3/h7-9H,4-6H2,1-3H3. The van der Waals surface area contributed by atoms with E-state index >= 15 is 0 Å². The predicted octanol–water partition coefficient (Wildman–Crippen LogP) is 2.18. The molecule has 0 saturated carbocycles. The summed E-state index contributed by atoms with van der Waals surface area (Å²) in [5.74, 6) is 1.69. The minimum Gasteiger partial charge on any atom is -0.272 e. The number of hydrogen-bond acceptors (Lipinski definition) is 1. The molecule has 13 heavy (non-hydrogen) atoms. The van der Waals surface area contributed by atoms with Gasteiger partial charge in [-0.05, 0) is 36.7 Å². The SMILES string of the molecule is CC(C)C1CCc2c(cnn2C)C1. The van der Waals surface area contributed by atoms with Crippen LogP contribution in [0.5, 0.6) is 0 Å². The zero-order valence-electron chi connectivity index (χ0n) is 8.75. The van der Waals surface area contributed by atoms with Crippen LogP contribution in [-0.2, 0) is 19.9 Å².